The summed E-state index contributed by atoms with van der Waals surface area (Å²) >= 11 is 0. The summed E-state index contributed by atoms with van der Waals surface area (Å²) in [6.07, 6.45) is -3.68. The maximum atomic E-state index is 13.4. The van der Waals surface area contributed by atoms with E-state index in [0.717, 1.165) is 0 Å². The van der Waals surface area contributed by atoms with Gasteiger partial charge in [-0.2, -0.15) is 0 Å². The predicted octanol–water partition coefficient (Wildman–Crippen LogP) is -0.765. The summed E-state index contributed by atoms with van der Waals surface area (Å²) in [7, 11) is 0. The van der Waals surface area contributed by atoms with E-state index >= 15 is 0 Å². The molecule has 0 radical (unpaired) electrons. The number of rotatable bonds is 11. The smallest absolute Gasteiger partial charge is 0.228 e. The van der Waals surface area contributed by atoms with Gasteiger partial charge in [-0.1, -0.05) is 39.8 Å². The van der Waals surface area contributed by atoms with Crippen molar-refractivity contribution in [1.82, 2.24) is 5.32 Å². The molecule has 3 fully saturated rings. The number of amides is 1. The van der Waals surface area contributed by atoms with Gasteiger partial charge in [0.05, 0.1) is 48.6 Å². The van der Waals surface area contributed by atoms with Crippen LogP contribution in [0, 0.1) is 17.8 Å². The predicted molar refractivity (Wildman–Crippen MR) is 146 cm³/mol. The fourth-order valence-electron chi connectivity index (χ4n) is 5.52. The van der Waals surface area contributed by atoms with Crippen molar-refractivity contribution >= 4 is 5.91 Å². The quantitative estimate of drug-likeness (QED) is 0.144. The van der Waals surface area contributed by atoms with Gasteiger partial charge in [0, 0.05) is 31.3 Å². The van der Waals surface area contributed by atoms with Gasteiger partial charge in [-0.15, -0.1) is 0 Å². The van der Waals surface area contributed by atoms with E-state index in [1.807, 2.05) is 33.8 Å². The van der Waals surface area contributed by atoms with Gasteiger partial charge in [-0.05, 0) is 31.6 Å². The number of aliphatic hydroxyl groups is 5. The summed E-state index contributed by atoms with van der Waals surface area (Å²) < 4.78 is 18.0. The van der Waals surface area contributed by atoms with Crippen LogP contribution in [0.2, 0.25) is 0 Å². The minimum Gasteiger partial charge on any atom is -0.393 e. The summed E-state index contributed by atoms with van der Waals surface area (Å²) in [6.45, 7) is 9.19. The first-order valence-electron chi connectivity index (χ1n) is 14.5. The lowest BCUT2D eigenvalue weighted by Crippen LogP contribution is -2.62. The standard InChI is InChI=1S/C28H51N3O9/c1-13(2)6-7-18(39-27-25(35)23(30)24(34)15(5)38-27)10-21-22(26(36)31-17-8-16(29)9-17)20(33)12-28(37,40-21)11-19(32)14(3)4/h6-7,13-25,27,32-35,37H,8-12,29-30H2,1-5H3,(H,31,36)/b7-6+/t15?,16-,17+,18-,19+,20-,21-,22+,23?,24?,25?,27?,28+/m0/s1. The number of carbonyl (C=O) groups excluding carboxylic acids is 1. The fourth-order valence-corrected chi connectivity index (χ4v) is 5.52. The molecule has 2 saturated heterocycles. The van der Waals surface area contributed by atoms with Crippen LogP contribution in [0.25, 0.3) is 0 Å². The van der Waals surface area contributed by atoms with E-state index in [1.165, 1.54) is 0 Å². The van der Waals surface area contributed by atoms with Gasteiger partial charge >= 0.3 is 0 Å². The van der Waals surface area contributed by atoms with Crippen molar-refractivity contribution in [3.63, 3.8) is 0 Å². The second-order valence-corrected chi connectivity index (χ2v) is 12.7. The van der Waals surface area contributed by atoms with Crippen molar-refractivity contribution in [1.29, 1.82) is 0 Å². The molecule has 12 nitrogen and oxygen atoms in total. The molecule has 232 valence electrons. The highest BCUT2D eigenvalue weighted by molar-refractivity contribution is 5.80. The summed E-state index contributed by atoms with van der Waals surface area (Å²) in [5.41, 5.74) is 11.9. The minimum absolute atomic E-state index is 0.0153. The second kappa shape index (κ2) is 13.9. The van der Waals surface area contributed by atoms with E-state index in [1.54, 1.807) is 13.0 Å². The average molecular weight is 574 g/mol. The number of hydrogen-bond acceptors (Lipinski definition) is 11. The number of nitrogens with two attached hydrogens (primary N) is 2. The van der Waals surface area contributed by atoms with Crippen molar-refractivity contribution < 1.29 is 44.5 Å². The van der Waals surface area contributed by atoms with Crippen LogP contribution in [0.5, 0.6) is 0 Å². The Morgan fingerprint density at radius 3 is 2.35 bits per heavy atom. The molecule has 2 aliphatic heterocycles. The molecule has 0 bridgehead atoms. The zero-order valence-corrected chi connectivity index (χ0v) is 24.3. The SMILES string of the molecule is CC(C)/C=C/[C@@H](C[C@@H]1O[C@](O)(C[C@@H](O)C(C)C)C[C@H](O)[C@H]1C(=O)N[C@H]1C[C@@H](N)C1)OC1OC(C)C(O)C(N)C1O. The number of nitrogens with one attached hydrogen (secondary N) is 1. The zero-order valence-electron chi connectivity index (χ0n) is 24.3. The molecule has 1 saturated carbocycles. The Balaban J connectivity index is 1.86. The van der Waals surface area contributed by atoms with Crippen molar-refractivity contribution in [2.45, 2.75) is 140 Å². The van der Waals surface area contributed by atoms with Crippen molar-refractivity contribution in [2.75, 3.05) is 0 Å². The van der Waals surface area contributed by atoms with Gasteiger partial charge in [-0.3, -0.25) is 4.79 Å². The van der Waals surface area contributed by atoms with Crippen molar-refractivity contribution in [2.24, 2.45) is 29.2 Å². The van der Waals surface area contributed by atoms with Crippen LogP contribution in [0.4, 0.5) is 0 Å². The third kappa shape index (κ3) is 8.43. The van der Waals surface area contributed by atoms with Crippen LogP contribution in [-0.4, -0.2) is 104 Å². The molecule has 12 heteroatoms. The highest BCUT2D eigenvalue weighted by atomic mass is 16.7. The molecule has 1 amide bonds. The molecule has 3 rings (SSSR count). The first-order valence-corrected chi connectivity index (χ1v) is 14.5. The Labute approximate surface area is 237 Å². The zero-order chi connectivity index (χ0) is 29.9. The molecule has 0 aromatic carbocycles. The number of carbonyl (C=O) groups is 1. The normalized spacial score (nSPS) is 42.1. The first kappa shape index (κ1) is 33.3. The van der Waals surface area contributed by atoms with E-state index in [4.69, 9.17) is 25.7 Å². The maximum Gasteiger partial charge on any atom is 0.228 e. The van der Waals surface area contributed by atoms with Crippen LogP contribution in [0.3, 0.4) is 0 Å². The molecule has 0 spiro atoms. The molecule has 2 heterocycles. The maximum absolute atomic E-state index is 13.4. The molecule has 1 aliphatic carbocycles. The highest BCUT2D eigenvalue weighted by Crippen LogP contribution is 2.38. The third-order valence-corrected chi connectivity index (χ3v) is 8.22. The van der Waals surface area contributed by atoms with Crippen LogP contribution >= 0.6 is 0 Å². The minimum atomic E-state index is -1.88. The second-order valence-electron chi connectivity index (χ2n) is 12.7. The fraction of sp³-hybridized carbons (Fsp3) is 0.893. The van der Waals surface area contributed by atoms with Crippen LogP contribution in [0.15, 0.2) is 12.2 Å². The summed E-state index contributed by atoms with van der Waals surface area (Å²) in [5.74, 6) is -3.35. The Bertz CT molecular complexity index is 855. The monoisotopic (exact) mass is 573 g/mol. The first-order chi connectivity index (χ1) is 18.6. The molecule has 40 heavy (non-hydrogen) atoms. The molecule has 0 aromatic rings. The highest BCUT2D eigenvalue weighted by Gasteiger charge is 2.51. The molecule has 0 aromatic heterocycles. The van der Waals surface area contributed by atoms with Gasteiger partial charge in [0.2, 0.25) is 5.91 Å². The molecule has 11 atom stereocenters. The Hall–Kier alpha value is -1.19. The average Bonchev–Trinajstić information content (AvgIpc) is 2.82. The lowest BCUT2D eigenvalue weighted by Gasteiger charge is -2.46. The Morgan fingerprint density at radius 1 is 1.12 bits per heavy atom. The Morgan fingerprint density at radius 2 is 1.77 bits per heavy atom. The van der Waals surface area contributed by atoms with Crippen LogP contribution < -0.4 is 16.8 Å². The number of ether oxygens (including phenoxy) is 3. The van der Waals surface area contributed by atoms with Gasteiger partial charge in [0.15, 0.2) is 12.1 Å². The van der Waals surface area contributed by atoms with Crippen molar-refractivity contribution in [3.05, 3.63) is 12.2 Å². The molecule has 3 aliphatic rings. The van der Waals surface area contributed by atoms with Crippen molar-refractivity contribution in [3.8, 4) is 0 Å². The van der Waals surface area contributed by atoms with E-state index in [-0.39, 0.29) is 43.2 Å². The van der Waals surface area contributed by atoms with Crippen LogP contribution in [-0.2, 0) is 19.0 Å². The summed E-state index contributed by atoms with van der Waals surface area (Å²) in [4.78, 5) is 13.4. The number of hydrogen-bond donors (Lipinski definition) is 8. The van der Waals surface area contributed by atoms with Gasteiger partial charge in [0.1, 0.15) is 6.10 Å². The van der Waals surface area contributed by atoms with E-state index in [9.17, 15) is 30.3 Å². The Kier molecular flexibility index (Phi) is 11.5. The van der Waals surface area contributed by atoms with E-state index in [2.05, 4.69) is 5.32 Å². The number of aliphatic hydroxyl groups excluding tert-OH is 4. The van der Waals surface area contributed by atoms with Gasteiger partial charge < -0.3 is 56.5 Å². The molecular formula is C28H51N3O9. The molecule has 10 N–H and O–H groups in total. The largest absolute Gasteiger partial charge is 0.393 e. The molecule has 5 unspecified atom stereocenters. The van der Waals surface area contributed by atoms with Crippen LogP contribution in [0.1, 0.15) is 66.7 Å². The van der Waals surface area contributed by atoms with E-state index < -0.39 is 72.7 Å². The number of allylic oxidation sites excluding steroid dienone is 1. The third-order valence-electron chi connectivity index (χ3n) is 8.22. The van der Waals surface area contributed by atoms with E-state index in [0.29, 0.717) is 12.8 Å². The van der Waals surface area contributed by atoms with Gasteiger partial charge in [-0.25, -0.2) is 0 Å². The lowest BCUT2D eigenvalue weighted by atomic mass is 9.80. The molecular weight excluding hydrogens is 522 g/mol. The summed E-state index contributed by atoms with van der Waals surface area (Å²) in [5, 5.41) is 56.8. The lowest BCUT2D eigenvalue weighted by molar-refractivity contribution is -0.307. The summed E-state index contributed by atoms with van der Waals surface area (Å²) in [6, 6.07) is -1.08. The topological polar surface area (TPSA) is 210 Å². The van der Waals surface area contributed by atoms with Gasteiger partial charge in [0.25, 0.3) is 0 Å².